The summed E-state index contributed by atoms with van der Waals surface area (Å²) in [7, 11) is 1.50. The van der Waals surface area contributed by atoms with Gasteiger partial charge in [0, 0.05) is 62.1 Å². The third-order valence-corrected chi connectivity index (χ3v) is 10.9. The summed E-state index contributed by atoms with van der Waals surface area (Å²) in [5, 5.41) is 0. The van der Waals surface area contributed by atoms with Crippen LogP contribution in [0.1, 0.15) is 81.1 Å². The monoisotopic (exact) mass is 670 g/mol. The van der Waals surface area contributed by atoms with E-state index in [1.807, 2.05) is 29.8 Å². The topological polar surface area (TPSA) is 130 Å². The number of nitrogens with zero attached hydrogens (tertiary/aromatic N) is 4. The number of pyridine rings is 1. The zero-order chi connectivity index (χ0) is 35.6. The Morgan fingerprint density at radius 2 is 1.73 bits per heavy atom. The number of ketones is 2. The van der Waals surface area contributed by atoms with E-state index in [-0.39, 0.29) is 25.2 Å². The average molecular weight is 671 g/mol. The lowest BCUT2D eigenvalue weighted by molar-refractivity contribution is -0.181. The van der Waals surface area contributed by atoms with Gasteiger partial charge in [-0.05, 0) is 64.5 Å². The number of imidazole rings is 1. The Labute approximate surface area is 282 Å². The number of carbonyl (C=O) groups is 4. The minimum Gasteiger partial charge on any atom is -0.455 e. The quantitative estimate of drug-likeness (QED) is 0.193. The van der Waals surface area contributed by atoms with E-state index in [1.165, 1.54) is 7.11 Å². The fourth-order valence-corrected chi connectivity index (χ4v) is 7.60. The molecule has 2 aromatic rings. The number of alkyl halides is 1. The summed E-state index contributed by atoms with van der Waals surface area (Å²) in [4.78, 5) is 64.9. The number of amides is 1. The van der Waals surface area contributed by atoms with Gasteiger partial charge in [0.05, 0.1) is 23.7 Å². The molecule has 0 aliphatic carbocycles. The fourth-order valence-electron chi connectivity index (χ4n) is 7.60. The number of carbonyl (C=O) groups excluding carboxylic acids is 4. The van der Waals surface area contributed by atoms with Crippen molar-refractivity contribution < 1.29 is 37.8 Å². The molecule has 2 fully saturated rings. The molecule has 4 rings (SSSR count). The van der Waals surface area contributed by atoms with Gasteiger partial charge in [0.2, 0.25) is 0 Å². The minimum atomic E-state index is -2.95. The Balaban J connectivity index is 1.62. The van der Waals surface area contributed by atoms with Gasteiger partial charge < -0.3 is 23.7 Å². The molecule has 2 aromatic heterocycles. The number of halogens is 1. The second-order valence-electron chi connectivity index (χ2n) is 14.2. The van der Waals surface area contributed by atoms with Crippen molar-refractivity contribution in [1.29, 1.82) is 0 Å². The number of hydrogen-bond donors (Lipinski definition) is 0. The molecule has 0 saturated carbocycles. The summed E-state index contributed by atoms with van der Waals surface area (Å²) in [5.41, 5.74) is -3.72. The molecule has 48 heavy (non-hydrogen) atoms. The van der Waals surface area contributed by atoms with E-state index in [0.29, 0.717) is 19.4 Å². The summed E-state index contributed by atoms with van der Waals surface area (Å²) in [6.07, 6.45) is 7.09. The maximum atomic E-state index is 16.2. The SMILES string of the molecule is CC[C@H]1OC(=O)[C@@](C)(F)C(=O)[C@H](C)C(C)[C@](C)(OC)C[C@@H](C)C(=O)[C@H](C)[C@H]2N(CCCCn3cnc(-c4cccnc4)c3)C(=O)O[C@]12C. The number of esters is 1. The first-order chi connectivity index (χ1) is 22.5. The Morgan fingerprint density at radius 1 is 1.04 bits per heavy atom. The van der Waals surface area contributed by atoms with Gasteiger partial charge in [0.25, 0.3) is 5.67 Å². The van der Waals surface area contributed by atoms with E-state index in [0.717, 1.165) is 18.2 Å². The van der Waals surface area contributed by atoms with Crippen molar-refractivity contribution in [3.05, 3.63) is 37.1 Å². The molecule has 1 amide bonds. The first-order valence-electron chi connectivity index (χ1n) is 17.0. The molecule has 9 atom stereocenters. The van der Waals surface area contributed by atoms with Crippen LogP contribution in [-0.4, -0.2) is 85.7 Å². The van der Waals surface area contributed by atoms with Crippen molar-refractivity contribution >= 4 is 23.6 Å². The molecule has 0 bridgehead atoms. The number of fused-ring (bicyclic) bond motifs is 1. The van der Waals surface area contributed by atoms with E-state index in [1.54, 1.807) is 65.2 Å². The van der Waals surface area contributed by atoms with Crippen LogP contribution in [-0.2, 0) is 35.1 Å². The van der Waals surface area contributed by atoms with E-state index in [9.17, 15) is 19.2 Å². The summed E-state index contributed by atoms with van der Waals surface area (Å²) >= 11 is 0. The highest BCUT2D eigenvalue weighted by molar-refractivity contribution is 6.07. The predicted octanol–water partition coefficient (Wildman–Crippen LogP) is 5.85. The van der Waals surface area contributed by atoms with Crippen molar-refractivity contribution in [3.8, 4) is 11.3 Å². The highest BCUT2D eigenvalue weighted by Gasteiger charge is 2.61. The Kier molecular flexibility index (Phi) is 11.2. The highest BCUT2D eigenvalue weighted by Crippen LogP contribution is 2.43. The fraction of sp³-hybridized carbons (Fsp3) is 0.667. The van der Waals surface area contributed by atoms with Gasteiger partial charge in [0.15, 0.2) is 11.4 Å². The maximum Gasteiger partial charge on any atom is 0.410 e. The number of rotatable bonds is 8. The molecule has 0 N–H and O–H groups in total. The van der Waals surface area contributed by atoms with Gasteiger partial charge >= 0.3 is 12.1 Å². The van der Waals surface area contributed by atoms with Crippen molar-refractivity contribution in [1.82, 2.24) is 19.4 Å². The van der Waals surface area contributed by atoms with Crippen LogP contribution in [0.5, 0.6) is 0 Å². The summed E-state index contributed by atoms with van der Waals surface area (Å²) in [5.74, 6) is -5.11. The predicted molar refractivity (Wildman–Crippen MR) is 176 cm³/mol. The Bertz CT molecular complexity index is 1480. The number of aromatic nitrogens is 3. The van der Waals surface area contributed by atoms with Crippen LogP contribution in [0, 0.1) is 23.7 Å². The van der Waals surface area contributed by atoms with Gasteiger partial charge in [-0.25, -0.2) is 19.0 Å². The lowest BCUT2D eigenvalue weighted by Crippen LogP contribution is -2.59. The van der Waals surface area contributed by atoms with Gasteiger partial charge in [-0.3, -0.25) is 14.6 Å². The van der Waals surface area contributed by atoms with E-state index in [2.05, 4.69) is 9.97 Å². The largest absolute Gasteiger partial charge is 0.455 e. The van der Waals surface area contributed by atoms with Crippen LogP contribution >= 0.6 is 0 Å². The number of unbranched alkanes of at least 4 members (excludes halogenated alkanes) is 1. The second-order valence-corrected chi connectivity index (χ2v) is 14.2. The number of hydrogen-bond acceptors (Lipinski definition) is 9. The van der Waals surface area contributed by atoms with Crippen molar-refractivity contribution in [2.45, 2.75) is 117 Å². The zero-order valence-corrected chi connectivity index (χ0v) is 29.7. The van der Waals surface area contributed by atoms with E-state index < -0.39 is 70.5 Å². The van der Waals surface area contributed by atoms with Gasteiger partial charge in [-0.15, -0.1) is 0 Å². The molecule has 4 heterocycles. The molecule has 0 spiro atoms. The summed E-state index contributed by atoms with van der Waals surface area (Å²) < 4.78 is 35.7. The van der Waals surface area contributed by atoms with Crippen molar-refractivity contribution in [2.24, 2.45) is 23.7 Å². The average Bonchev–Trinajstić information content (AvgIpc) is 3.65. The number of cyclic esters (lactones) is 1. The minimum absolute atomic E-state index is 0.112. The van der Waals surface area contributed by atoms with Crippen molar-refractivity contribution in [2.75, 3.05) is 13.7 Å². The lowest BCUT2D eigenvalue weighted by atomic mass is 9.70. The smallest absolute Gasteiger partial charge is 0.410 e. The second kappa shape index (κ2) is 14.4. The number of ether oxygens (including phenoxy) is 3. The molecule has 0 aromatic carbocycles. The first-order valence-corrected chi connectivity index (χ1v) is 17.0. The van der Waals surface area contributed by atoms with Gasteiger partial charge in [0.1, 0.15) is 11.9 Å². The van der Waals surface area contributed by atoms with Crippen LogP contribution in [0.3, 0.4) is 0 Å². The Hall–Kier alpha value is -3.67. The molecule has 2 aliphatic heterocycles. The van der Waals surface area contributed by atoms with E-state index in [4.69, 9.17) is 14.2 Å². The molecular weight excluding hydrogens is 619 g/mol. The highest BCUT2D eigenvalue weighted by atomic mass is 19.1. The maximum absolute atomic E-state index is 16.2. The zero-order valence-electron chi connectivity index (χ0n) is 29.7. The summed E-state index contributed by atoms with van der Waals surface area (Å²) in [6.45, 7) is 13.9. The van der Waals surface area contributed by atoms with Gasteiger partial charge in [-0.1, -0.05) is 34.6 Å². The van der Waals surface area contributed by atoms with Crippen LogP contribution in [0.2, 0.25) is 0 Å². The lowest BCUT2D eigenvalue weighted by Gasteiger charge is -2.43. The van der Waals surface area contributed by atoms with Crippen molar-refractivity contribution in [3.63, 3.8) is 0 Å². The number of methoxy groups -OCH3 is 1. The van der Waals surface area contributed by atoms with Crippen LogP contribution in [0.4, 0.5) is 9.18 Å². The molecule has 1 unspecified atom stereocenters. The third kappa shape index (κ3) is 7.04. The van der Waals surface area contributed by atoms with Crippen LogP contribution in [0.15, 0.2) is 37.1 Å². The molecule has 12 heteroatoms. The molecular formula is C36H51FN4O7. The molecule has 264 valence electrons. The van der Waals surface area contributed by atoms with Gasteiger partial charge in [-0.2, -0.15) is 0 Å². The Morgan fingerprint density at radius 3 is 2.35 bits per heavy atom. The normalized spacial score (nSPS) is 35.2. The molecule has 2 saturated heterocycles. The standard InChI is InChI=1S/C36H51FN4O7/c1-10-28-36(8)30(41(33(45)48-36)17-12-11-16-40-20-27(39-21-40)26-14-13-15-38-19-26)24(4)29(42)22(2)18-34(6,46-9)25(5)23(3)31(43)35(7,37)32(44)47-28/h13-15,19-25,28,30H,10-12,16-18H2,1-9H3/t22-,23-,24+,25?,28-,30-,34-,35+,36-/m1/s1. The van der Waals surface area contributed by atoms with Crippen LogP contribution < -0.4 is 0 Å². The molecule has 0 radical (unpaired) electrons. The van der Waals surface area contributed by atoms with Crippen LogP contribution in [0.25, 0.3) is 11.3 Å². The molecule has 2 aliphatic rings. The number of Topliss-reactive ketones (excluding diaryl/α,β-unsaturated/α-hetero) is 2. The third-order valence-electron chi connectivity index (χ3n) is 10.9. The summed E-state index contributed by atoms with van der Waals surface area (Å²) in [6, 6.07) is 2.97. The number of aryl methyl sites for hydroxylation is 1. The van der Waals surface area contributed by atoms with E-state index >= 15 is 4.39 Å². The first kappa shape index (κ1) is 37.2. The molecule has 11 nitrogen and oxygen atoms in total.